The Bertz CT molecular complexity index is 457. The predicted octanol–water partition coefficient (Wildman–Crippen LogP) is 1.90. The quantitative estimate of drug-likeness (QED) is 0.752. The molecule has 0 saturated heterocycles. The molecule has 0 unspecified atom stereocenters. The summed E-state index contributed by atoms with van der Waals surface area (Å²) in [5, 5.41) is 3.46. The number of rotatable bonds is 1. The van der Waals surface area contributed by atoms with Gasteiger partial charge in [-0.15, -0.1) is 0 Å². The van der Waals surface area contributed by atoms with Crippen molar-refractivity contribution in [3.8, 4) is 11.5 Å². The number of halogens is 1. The highest BCUT2D eigenvalue weighted by molar-refractivity contribution is 14.1. The molecule has 4 nitrogen and oxygen atoms in total. The normalized spacial score (nSPS) is 10.2. The number of hydrogen-bond acceptors (Lipinski definition) is 4. The Labute approximate surface area is 86.7 Å². The summed E-state index contributed by atoms with van der Waals surface area (Å²) in [5.74, 6) is -0.574. The van der Waals surface area contributed by atoms with Crippen LogP contribution in [0, 0.1) is 3.57 Å². The van der Waals surface area contributed by atoms with Crippen LogP contribution in [-0.4, -0.2) is 5.16 Å². The molecule has 2 aromatic rings. The van der Waals surface area contributed by atoms with Crippen LogP contribution in [0.2, 0.25) is 0 Å². The Hall–Kier alpha value is -1.11. The zero-order chi connectivity index (χ0) is 9.26. The van der Waals surface area contributed by atoms with Crippen LogP contribution in [-0.2, 0) is 0 Å². The van der Waals surface area contributed by atoms with Gasteiger partial charge < -0.3 is 4.42 Å². The van der Waals surface area contributed by atoms with Crippen LogP contribution in [0.1, 0.15) is 0 Å². The number of nitrogens with zero attached hydrogens (tertiary/aromatic N) is 1. The van der Waals surface area contributed by atoms with Gasteiger partial charge in [0.1, 0.15) is 0 Å². The van der Waals surface area contributed by atoms with Crippen LogP contribution < -0.4 is 5.82 Å². The first kappa shape index (κ1) is 8.49. The molecule has 1 aromatic carbocycles. The van der Waals surface area contributed by atoms with E-state index >= 15 is 0 Å². The number of aromatic nitrogens is 1. The molecular formula is C8H4INO3. The lowest BCUT2D eigenvalue weighted by Crippen LogP contribution is -1.85. The molecule has 1 aromatic heterocycles. The summed E-state index contributed by atoms with van der Waals surface area (Å²) in [6.07, 6.45) is 0. The third kappa shape index (κ3) is 1.80. The van der Waals surface area contributed by atoms with Gasteiger partial charge in [0.25, 0.3) is 5.89 Å². The van der Waals surface area contributed by atoms with Gasteiger partial charge in [-0.05, 0) is 52.0 Å². The summed E-state index contributed by atoms with van der Waals surface area (Å²) in [7, 11) is 0. The summed E-state index contributed by atoms with van der Waals surface area (Å²) in [4.78, 5) is 10.5. The lowest BCUT2D eigenvalue weighted by Gasteiger charge is -1.92. The van der Waals surface area contributed by atoms with E-state index in [4.69, 9.17) is 0 Å². The Balaban J connectivity index is 2.47. The van der Waals surface area contributed by atoms with Crippen molar-refractivity contribution in [1.82, 2.24) is 5.16 Å². The fourth-order valence-electron chi connectivity index (χ4n) is 0.899. The van der Waals surface area contributed by atoms with Crippen LogP contribution in [0.5, 0.6) is 0 Å². The topological polar surface area (TPSA) is 56.2 Å². The van der Waals surface area contributed by atoms with Crippen LogP contribution in [0.3, 0.4) is 0 Å². The first-order valence-electron chi connectivity index (χ1n) is 3.48. The Morgan fingerprint density at radius 1 is 1.23 bits per heavy atom. The molecule has 2 rings (SSSR count). The molecular weight excluding hydrogens is 285 g/mol. The zero-order valence-corrected chi connectivity index (χ0v) is 8.52. The van der Waals surface area contributed by atoms with Gasteiger partial charge in [0.05, 0.1) is 0 Å². The van der Waals surface area contributed by atoms with E-state index in [0.29, 0.717) is 0 Å². The Morgan fingerprint density at radius 2 is 1.92 bits per heavy atom. The average Bonchev–Trinajstić information content (AvgIpc) is 2.53. The van der Waals surface area contributed by atoms with Gasteiger partial charge in [-0.2, -0.15) is 0 Å². The molecule has 0 spiro atoms. The highest BCUT2D eigenvalue weighted by Crippen LogP contribution is 2.16. The minimum Gasteiger partial charge on any atom is -0.370 e. The summed E-state index contributed by atoms with van der Waals surface area (Å²) in [6, 6.07) is 7.40. The number of benzene rings is 1. The first-order valence-corrected chi connectivity index (χ1v) is 4.56. The van der Waals surface area contributed by atoms with E-state index < -0.39 is 5.82 Å². The molecule has 0 saturated carbocycles. The second-order valence-corrected chi connectivity index (χ2v) is 3.59. The van der Waals surface area contributed by atoms with Crippen molar-refractivity contribution in [3.05, 3.63) is 38.5 Å². The SMILES string of the molecule is O=c1onc(-c2ccc(I)cc2)o1. The van der Waals surface area contributed by atoms with Gasteiger partial charge in [0.15, 0.2) is 0 Å². The molecule has 0 fully saturated rings. The molecule has 0 aliphatic carbocycles. The van der Waals surface area contributed by atoms with Crippen LogP contribution >= 0.6 is 22.6 Å². The highest BCUT2D eigenvalue weighted by Gasteiger charge is 2.05. The molecule has 0 aliphatic rings. The van der Waals surface area contributed by atoms with Crippen molar-refractivity contribution in [3.63, 3.8) is 0 Å². The predicted molar refractivity (Wildman–Crippen MR) is 53.2 cm³/mol. The summed E-state index contributed by atoms with van der Waals surface area (Å²) >= 11 is 2.18. The Morgan fingerprint density at radius 3 is 2.46 bits per heavy atom. The monoisotopic (exact) mass is 289 g/mol. The standard InChI is InChI=1S/C8H4INO3/c9-6-3-1-5(2-4-6)7-10-13-8(11)12-7/h1-4H. The van der Waals surface area contributed by atoms with E-state index in [9.17, 15) is 4.79 Å². The molecule has 1 heterocycles. The van der Waals surface area contributed by atoms with Crippen molar-refractivity contribution in [2.24, 2.45) is 0 Å². The lowest BCUT2D eigenvalue weighted by atomic mass is 10.2. The molecule has 13 heavy (non-hydrogen) atoms. The van der Waals surface area contributed by atoms with Crippen molar-refractivity contribution in [1.29, 1.82) is 0 Å². The maximum absolute atomic E-state index is 10.5. The largest absolute Gasteiger partial charge is 0.542 e. The highest BCUT2D eigenvalue weighted by atomic mass is 127. The molecule has 66 valence electrons. The third-order valence-electron chi connectivity index (χ3n) is 1.47. The maximum atomic E-state index is 10.5. The van der Waals surface area contributed by atoms with Crippen molar-refractivity contribution in [2.45, 2.75) is 0 Å². The summed E-state index contributed by atoms with van der Waals surface area (Å²) in [5.41, 5.74) is 0.728. The molecule has 5 heteroatoms. The fraction of sp³-hybridized carbons (Fsp3) is 0. The van der Waals surface area contributed by atoms with Crippen molar-refractivity contribution in [2.75, 3.05) is 0 Å². The van der Waals surface area contributed by atoms with E-state index in [-0.39, 0.29) is 5.89 Å². The second kappa shape index (κ2) is 3.33. The van der Waals surface area contributed by atoms with Gasteiger partial charge in [-0.1, -0.05) is 0 Å². The fourth-order valence-corrected chi connectivity index (χ4v) is 1.26. The molecule has 0 amide bonds. The molecule has 0 bridgehead atoms. The van der Waals surface area contributed by atoms with Crippen molar-refractivity contribution >= 4 is 22.6 Å². The lowest BCUT2D eigenvalue weighted by molar-refractivity contribution is 0.335. The van der Waals surface area contributed by atoms with Crippen LogP contribution in [0.15, 0.2) is 38.0 Å². The molecule has 0 atom stereocenters. The molecule has 0 N–H and O–H groups in total. The second-order valence-electron chi connectivity index (χ2n) is 2.35. The van der Waals surface area contributed by atoms with E-state index in [2.05, 4.69) is 36.7 Å². The van der Waals surface area contributed by atoms with Gasteiger partial charge in [-0.25, -0.2) is 4.79 Å². The first-order chi connectivity index (χ1) is 6.25. The van der Waals surface area contributed by atoms with Crippen LogP contribution in [0.4, 0.5) is 0 Å². The van der Waals surface area contributed by atoms with E-state index in [1.54, 1.807) is 0 Å². The van der Waals surface area contributed by atoms with E-state index in [1.165, 1.54) is 0 Å². The average molecular weight is 289 g/mol. The van der Waals surface area contributed by atoms with E-state index in [1.807, 2.05) is 24.3 Å². The molecule has 0 aliphatic heterocycles. The van der Waals surface area contributed by atoms with Gasteiger partial charge in [-0.3, -0.25) is 4.52 Å². The summed E-state index contributed by atoms with van der Waals surface area (Å²) < 4.78 is 10.1. The third-order valence-corrected chi connectivity index (χ3v) is 2.19. The van der Waals surface area contributed by atoms with Gasteiger partial charge >= 0.3 is 5.82 Å². The molecule has 0 radical (unpaired) electrons. The smallest absolute Gasteiger partial charge is 0.370 e. The van der Waals surface area contributed by atoms with E-state index in [0.717, 1.165) is 9.13 Å². The van der Waals surface area contributed by atoms with Gasteiger partial charge in [0.2, 0.25) is 0 Å². The Kier molecular flexibility index (Phi) is 2.17. The summed E-state index contributed by atoms with van der Waals surface area (Å²) in [6.45, 7) is 0. The van der Waals surface area contributed by atoms with Gasteiger partial charge in [0, 0.05) is 9.13 Å². The maximum Gasteiger partial charge on any atom is 0.542 e. The van der Waals surface area contributed by atoms with Crippen molar-refractivity contribution < 1.29 is 8.94 Å². The number of hydrogen-bond donors (Lipinski definition) is 0. The minimum atomic E-state index is -0.784. The zero-order valence-electron chi connectivity index (χ0n) is 6.36. The van der Waals surface area contributed by atoms with Crippen LogP contribution in [0.25, 0.3) is 11.5 Å². The minimum absolute atomic E-state index is 0.210.